The summed E-state index contributed by atoms with van der Waals surface area (Å²) in [6.07, 6.45) is 3.65. The Morgan fingerprint density at radius 1 is 0.676 bits per heavy atom. The number of aryl methyl sites for hydroxylation is 2. The van der Waals surface area contributed by atoms with Gasteiger partial charge >= 0.3 is 0 Å². The van der Waals surface area contributed by atoms with Crippen LogP contribution in [-0.2, 0) is 22.3 Å². The molecule has 4 rings (SSSR count). The first-order valence-electron chi connectivity index (χ1n) is 11.0. The highest BCUT2D eigenvalue weighted by molar-refractivity contribution is 6.42. The van der Waals surface area contributed by atoms with E-state index in [4.69, 9.17) is 67.3 Å². The second kappa shape index (κ2) is 12.2. The Hall–Kier alpha value is -1.86. The molecule has 0 amide bonds. The molecule has 6 nitrogen and oxygen atoms in total. The standard InChI is InChI=1S/2C12H14Cl2N2O/c2*1-7-11(16-12(15)17-7)5-3-8-2-4-9(13)10(14)6-8/h2*2,4,6-7,11H,3,5H2,1H3,(H2,15,16)/t7-,11+;7-,11-/m10/s1. The molecule has 0 saturated carbocycles. The maximum absolute atomic E-state index is 5.96. The van der Waals surface area contributed by atoms with Gasteiger partial charge in [-0.05, 0) is 74.9 Å². The molecule has 4 N–H and O–H groups in total. The maximum Gasteiger partial charge on any atom is 0.282 e. The van der Waals surface area contributed by atoms with E-state index in [1.54, 1.807) is 0 Å². The highest BCUT2D eigenvalue weighted by atomic mass is 35.5. The van der Waals surface area contributed by atoms with E-state index < -0.39 is 0 Å². The van der Waals surface area contributed by atoms with Gasteiger partial charge in [0.2, 0.25) is 0 Å². The highest BCUT2D eigenvalue weighted by Crippen LogP contribution is 2.26. The normalized spacial score (nSPS) is 23.4. The van der Waals surface area contributed by atoms with Gasteiger partial charge in [0.15, 0.2) is 0 Å². The predicted molar refractivity (Wildman–Crippen MR) is 141 cm³/mol. The Morgan fingerprint density at radius 3 is 1.35 bits per heavy atom. The summed E-state index contributed by atoms with van der Waals surface area (Å²) in [5.74, 6) is 0. The summed E-state index contributed by atoms with van der Waals surface area (Å²) in [6, 6.07) is 12.2. The summed E-state index contributed by atoms with van der Waals surface area (Å²) in [5, 5.41) is 2.33. The third kappa shape index (κ3) is 7.57. The third-order valence-corrected chi connectivity index (χ3v) is 7.19. The number of amidine groups is 2. The van der Waals surface area contributed by atoms with Crippen molar-refractivity contribution >= 4 is 58.4 Å². The van der Waals surface area contributed by atoms with Crippen molar-refractivity contribution in [2.24, 2.45) is 21.5 Å². The van der Waals surface area contributed by atoms with Gasteiger partial charge in [0.05, 0.1) is 32.2 Å². The predicted octanol–water partition coefficient (Wildman–Crippen LogP) is 6.06. The van der Waals surface area contributed by atoms with E-state index >= 15 is 0 Å². The Morgan fingerprint density at radius 2 is 1.06 bits per heavy atom. The summed E-state index contributed by atoms with van der Waals surface area (Å²) in [6.45, 7) is 3.95. The lowest BCUT2D eigenvalue weighted by atomic mass is 10.0. The van der Waals surface area contributed by atoms with Crippen LogP contribution in [-0.4, -0.2) is 36.3 Å². The average molecular weight is 546 g/mol. The maximum atomic E-state index is 5.96. The van der Waals surface area contributed by atoms with Crippen molar-refractivity contribution in [3.05, 3.63) is 67.6 Å². The topological polar surface area (TPSA) is 95.2 Å². The summed E-state index contributed by atoms with van der Waals surface area (Å²) in [4.78, 5) is 8.48. The van der Waals surface area contributed by atoms with Crippen molar-refractivity contribution in [1.29, 1.82) is 0 Å². The van der Waals surface area contributed by atoms with E-state index in [1.165, 1.54) is 0 Å². The first-order valence-corrected chi connectivity index (χ1v) is 12.5. The van der Waals surface area contributed by atoms with Crippen LogP contribution in [0.15, 0.2) is 46.4 Å². The van der Waals surface area contributed by atoms with Gasteiger partial charge in [-0.25, -0.2) is 9.98 Å². The zero-order chi connectivity index (χ0) is 24.8. The van der Waals surface area contributed by atoms with E-state index in [-0.39, 0.29) is 36.3 Å². The first kappa shape index (κ1) is 26.7. The van der Waals surface area contributed by atoms with Crippen LogP contribution in [0.3, 0.4) is 0 Å². The van der Waals surface area contributed by atoms with Crippen LogP contribution in [0, 0.1) is 0 Å². The van der Waals surface area contributed by atoms with E-state index in [0.29, 0.717) is 20.1 Å². The zero-order valence-electron chi connectivity index (χ0n) is 19.0. The number of hydrogen-bond donors (Lipinski definition) is 2. The van der Waals surface area contributed by atoms with Gasteiger partial charge in [0.25, 0.3) is 12.0 Å². The molecule has 2 heterocycles. The quantitative estimate of drug-likeness (QED) is 0.461. The fourth-order valence-corrected chi connectivity index (χ4v) is 4.39. The fraction of sp³-hybridized carbons (Fsp3) is 0.417. The van der Waals surface area contributed by atoms with Crippen LogP contribution in [0.5, 0.6) is 0 Å². The van der Waals surface area contributed by atoms with Crippen LogP contribution in [0.25, 0.3) is 0 Å². The molecule has 184 valence electrons. The monoisotopic (exact) mass is 544 g/mol. The summed E-state index contributed by atoms with van der Waals surface area (Å²) < 4.78 is 10.6. The van der Waals surface area contributed by atoms with Crippen molar-refractivity contribution in [2.45, 2.75) is 63.8 Å². The minimum Gasteiger partial charge on any atom is -0.460 e. The average Bonchev–Trinajstić information content (AvgIpc) is 3.28. The SMILES string of the molecule is C[C@@H]1OC(N)=N[C@H]1CCc1ccc(Cl)c(Cl)c1.C[C@H]1OC(N)=N[C@H]1CCc1ccc(Cl)c(Cl)c1. The lowest BCUT2D eigenvalue weighted by molar-refractivity contribution is 0.205. The van der Waals surface area contributed by atoms with Crippen LogP contribution >= 0.6 is 46.4 Å². The van der Waals surface area contributed by atoms with E-state index in [9.17, 15) is 0 Å². The number of hydrogen-bond acceptors (Lipinski definition) is 6. The third-order valence-electron chi connectivity index (χ3n) is 5.71. The molecule has 2 aromatic carbocycles. The summed E-state index contributed by atoms with van der Waals surface area (Å²) in [7, 11) is 0. The first-order chi connectivity index (χ1) is 16.1. The molecule has 2 aliphatic rings. The second-order valence-corrected chi connectivity index (χ2v) is 9.92. The molecule has 0 radical (unpaired) electrons. The Bertz CT molecular complexity index is 980. The number of benzene rings is 2. The van der Waals surface area contributed by atoms with Gasteiger partial charge in [0.1, 0.15) is 12.2 Å². The van der Waals surface area contributed by atoms with Gasteiger partial charge in [0, 0.05) is 0 Å². The molecule has 4 atom stereocenters. The largest absolute Gasteiger partial charge is 0.460 e. The van der Waals surface area contributed by atoms with Crippen LogP contribution < -0.4 is 11.5 Å². The number of aliphatic imine (C=N–C) groups is 2. The van der Waals surface area contributed by atoms with E-state index in [1.807, 2.05) is 50.2 Å². The van der Waals surface area contributed by atoms with Crippen LogP contribution in [0.4, 0.5) is 0 Å². The van der Waals surface area contributed by atoms with Gasteiger partial charge in [-0.2, -0.15) is 0 Å². The fourth-order valence-electron chi connectivity index (χ4n) is 3.75. The minimum atomic E-state index is 0.0535. The lowest BCUT2D eigenvalue weighted by Crippen LogP contribution is -2.20. The zero-order valence-corrected chi connectivity index (χ0v) is 22.0. The Kier molecular flexibility index (Phi) is 9.60. The number of rotatable bonds is 6. The molecule has 0 bridgehead atoms. The molecule has 2 aromatic rings. The molecular formula is C24H28Cl4N4O2. The molecule has 0 spiro atoms. The van der Waals surface area contributed by atoms with Crippen molar-refractivity contribution in [3.8, 4) is 0 Å². The van der Waals surface area contributed by atoms with Crippen molar-refractivity contribution in [1.82, 2.24) is 0 Å². The van der Waals surface area contributed by atoms with Crippen LogP contribution in [0.1, 0.15) is 37.8 Å². The lowest BCUT2D eigenvalue weighted by Gasteiger charge is -2.12. The second-order valence-electron chi connectivity index (χ2n) is 8.29. The molecule has 2 aliphatic heterocycles. The molecule has 0 saturated heterocycles. The van der Waals surface area contributed by atoms with Crippen molar-refractivity contribution in [2.75, 3.05) is 0 Å². The molecule has 34 heavy (non-hydrogen) atoms. The number of halogens is 4. The van der Waals surface area contributed by atoms with Crippen molar-refractivity contribution in [3.63, 3.8) is 0 Å². The number of ether oxygens (including phenoxy) is 2. The van der Waals surface area contributed by atoms with Gasteiger partial charge in [-0.1, -0.05) is 58.5 Å². The molecular weight excluding hydrogens is 518 g/mol. The van der Waals surface area contributed by atoms with E-state index in [2.05, 4.69) is 9.98 Å². The Balaban J connectivity index is 0.000000191. The minimum absolute atomic E-state index is 0.0535. The number of nitrogens with two attached hydrogens (primary N) is 2. The van der Waals surface area contributed by atoms with Gasteiger partial charge in [-0.3, -0.25) is 0 Å². The smallest absolute Gasteiger partial charge is 0.282 e. The number of nitrogens with zero attached hydrogens (tertiary/aromatic N) is 2. The molecule has 0 unspecified atom stereocenters. The molecule has 10 heteroatoms. The van der Waals surface area contributed by atoms with Crippen LogP contribution in [0.2, 0.25) is 20.1 Å². The highest BCUT2D eigenvalue weighted by Gasteiger charge is 2.26. The molecule has 0 aromatic heterocycles. The molecule has 0 fully saturated rings. The Labute approximate surface area is 220 Å². The van der Waals surface area contributed by atoms with E-state index in [0.717, 1.165) is 36.8 Å². The summed E-state index contributed by atoms with van der Waals surface area (Å²) >= 11 is 23.6. The summed E-state index contributed by atoms with van der Waals surface area (Å²) in [5.41, 5.74) is 13.3. The van der Waals surface area contributed by atoms with Gasteiger partial charge < -0.3 is 20.9 Å². The van der Waals surface area contributed by atoms with Gasteiger partial charge in [-0.15, -0.1) is 0 Å². The molecule has 0 aliphatic carbocycles. The van der Waals surface area contributed by atoms with Crippen molar-refractivity contribution < 1.29 is 9.47 Å².